The van der Waals surface area contributed by atoms with E-state index in [1.54, 1.807) is 0 Å². The van der Waals surface area contributed by atoms with Crippen molar-refractivity contribution in [3.8, 4) is 0 Å². The molecule has 6 nitrogen and oxygen atoms in total. The molecule has 0 N–H and O–H groups in total. The first-order valence-corrected chi connectivity index (χ1v) is 7.16. The van der Waals surface area contributed by atoms with Crippen LogP contribution < -0.4 is 4.90 Å². The minimum absolute atomic E-state index is 0.125. The number of carbonyl (C=O) groups is 2. The summed E-state index contributed by atoms with van der Waals surface area (Å²) in [5.74, 6) is -0.513. The van der Waals surface area contributed by atoms with E-state index in [2.05, 4.69) is 0 Å². The molecule has 0 atom stereocenters. The molecule has 7 heteroatoms. The molecule has 0 unspecified atom stereocenters. The van der Waals surface area contributed by atoms with Gasteiger partial charge in [-0.1, -0.05) is 0 Å². The minimum atomic E-state index is -3.50. The number of nitrogens with zero attached hydrogens (tertiary/aromatic N) is 2. The Kier molecular flexibility index (Phi) is 3.42. The molecule has 1 aliphatic rings. The first-order chi connectivity index (χ1) is 8.84. The Balaban J connectivity index is 2.34. The monoisotopic (exact) mass is 282 g/mol. The fraction of sp³-hybridized carbons (Fsp3) is 0.333. The molecule has 0 spiro atoms. The Morgan fingerprint density at radius 2 is 1.47 bits per heavy atom. The second-order valence-corrected chi connectivity index (χ2v) is 6.56. The predicted molar refractivity (Wildman–Crippen MR) is 69.0 cm³/mol. The highest BCUT2D eigenvalue weighted by Gasteiger charge is 2.30. The zero-order valence-corrected chi connectivity index (χ0v) is 11.5. The van der Waals surface area contributed by atoms with E-state index in [1.165, 1.54) is 38.4 Å². The molecule has 19 heavy (non-hydrogen) atoms. The van der Waals surface area contributed by atoms with E-state index < -0.39 is 10.0 Å². The Bertz CT molecular complexity index is 604. The van der Waals surface area contributed by atoms with Gasteiger partial charge in [0.25, 0.3) is 0 Å². The lowest BCUT2D eigenvalue weighted by Gasteiger charge is -2.15. The van der Waals surface area contributed by atoms with Gasteiger partial charge < -0.3 is 0 Å². The zero-order chi connectivity index (χ0) is 14.2. The van der Waals surface area contributed by atoms with Gasteiger partial charge in [0.2, 0.25) is 21.8 Å². The highest BCUT2D eigenvalue weighted by atomic mass is 32.2. The first kappa shape index (κ1) is 13.7. The molecule has 1 aromatic rings. The molecule has 0 bridgehead atoms. The summed E-state index contributed by atoms with van der Waals surface area (Å²) in [4.78, 5) is 24.3. The molecular formula is C12H14N2O4S. The van der Waals surface area contributed by atoms with E-state index >= 15 is 0 Å². The predicted octanol–water partition coefficient (Wildman–Crippen LogP) is 0.590. The number of benzene rings is 1. The number of sulfonamides is 1. The van der Waals surface area contributed by atoms with Gasteiger partial charge in [-0.3, -0.25) is 14.5 Å². The van der Waals surface area contributed by atoms with Gasteiger partial charge in [0.05, 0.1) is 10.6 Å². The van der Waals surface area contributed by atoms with Crippen molar-refractivity contribution in [2.24, 2.45) is 0 Å². The van der Waals surface area contributed by atoms with Crippen molar-refractivity contribution in [2.75, 3.05) is 19.0 Å². The minimum Gasteiger partial charge on any atom is -0.274 e. The summed E-state index contributed by atoms with van der Waals surface area (Å²) in [6, 6.07) is 5.72. The number of amides is 2. The molecule has 1 saturated heterocycles. The van der Waals surface area contributed by atoms with Gasteiger partial charge in [0.1, 0.15) is 0 Å². The maximum atomic E-state index is 11.9. The van der Waals surface area contributed by atoms with E-state index in [0.717, 1.165) is 9.21 Å². The third-order valence-electron chi connectivity index (χ3n) is 2.93. The van der Waals surface area contributed by atoms with E-state index in [0.29, 0.717) is 5.69 Å². The fourth-order valence-corrected chi connectivity index (χ4v) is 2.74. The summed E-state index contributed by atoms with van der Waals surface area (Å²) >= 11 is 0. The summed E-state index contributed by atoms with van der Waals surface area (Å²) in [5, 5.41) is 0. The maximum absolute atomic E-state index is 11.9. The van der Waals surface area contributed by atoms with Crippen LogP contribution in [0, 0.1) is 0 Å². The summed E-state index contributed by atoms with van der Waals surface area (Å²) in [6.07, 6.45) is 0.410. The van der Waals surface area contributed by atoms with Crippen LogP contribution in [0.3, 0.4) is 0 Å². The largest absolute Gasteiger partial charge is 0.274 e. The second kappa shape index (κ2) is 4.75. The Morgan fingerprint density at radius 1 is 1.00 bits per heavy atom. The number of imide groups is 1. The number of anilines is 1. The van der Waals surface area contributed by atoms with Crippen molar-refractivity contribution < 1.29 is 18.0 Å². The molecule has 1 aromatic carbocycles. The highest BCUT2D eigenvalue weighted by molar-refractivity contribution is 7.89. The van der Waals surface area contributed by atoms with Gasteiger partial charge in [-0.2, -0.15) is 0 Å². The van der Waals surface area contributed by atoms with Gasteiger partial charge in [-0.05, 0) is 24.3 Å². The van der Waals surface area contributed by atoms with Crippen LogP contribution in [0.15, 0.2) is 29.2 Å². The second-order valence-electron chi connectivity index (χ2n) is 4.40. The molecule has 2 rings (SSSR count). The van der Waals surface area contributed by atoms with Crippen molar-refractivity contribution in [1.82, 2.24) is 4.31 Å². The summed E-state index contributed by atoms with van der Waals surface area (Å²) in [7, 11) is -0.617. The highest BCUT2D eigenvalue weighted by Crippen LogP contribution is 2.24. The number of hydrogen-bond donors (Lipinski definition) is 0. The average molecular weight is 282 g/mol. The molecule has 1 aliphatic heterocycles. The number of rotatable bonds is 3. The number of hydrogen-bond acceptors (Lipinski definition) is 4. The van der Waals surface area contributed by atoms with Crippen LogP contribution in [-0.2, 0) is 19.6 Å². The normalized spacial score (nSPS) is 16.5. The molecule has 1 fully saturated rings. The van der Waals surface area contributed by atoms with Gasteiger partial charge in [0.15, 0.2) is 0 Å². The lowest BCUT2D eigenvalue weighted by atomic mass is 10.3. The van der Waals surface area contributed by atoms with Crippen LogP contribution in [0.5, 0.6) is 0 Å². The Morgan fingerprint density at radius 3 is 1.89 bits per heavy atom. The van der Waals surface area contributed by atoms with Crippen LogP contribution in [0.4, 0.5) is 5.69 Å². The number of carbonyl (C=O) groups excluding carboxylic acids is 2. The van der Waals surface area contributed by atoms with E-state index in [1.807, 2.05) is 0 Å². The third-order valence-corrected chi connectivity index (χ3v) is 4.75. The van der Waals surface area contributed by atoms with Gasteiger partial charge in [0, 0.05) is 26.9 Å². The van der Waals surface area contributed by atoms with Crippen LogP contribution in [0.25, 0.3) is 0 Å². The van der Waals surface area contributed by atoms with Crippen LogP contribution in [-0.4, -0.2) is 38.6 Å². The van der Waals surface area contributed by atoms with Gasteiger partial charge in [-0.15, -0.1) is 0 Å². The van der Waals surface area contributed by atoms with Gasteiger partial charge in [-0.25, -0.2) is 12.7 Å². The van der Waals surface area contributed by atoms with Crippen LogP contribution >= 0.6 is 0 Å². The average Bonchev–Trinajstić information content (AvgIpc) is 2.69. The lowest BCUT2D eigenvalue weighted by Crippen LogP contribution is -2.28. The molecule has 2 amide bonds. The summed E-state index contributed by atoms with van der Waals surface area (Å²) < 4.78 is 24.8. The van der Waals surface area contributed by atoms with Crippen LogP contribution in [0.1, 0.15) is 12.8 Å². The topological polar surface area (TPSA) is 74.8 Å². The van der Waals surface area contributed by atoms with E-state index in [-0.39, 0.29) is 29.6 Å². The standard InChI is InChI=1S/C12H14N2O4S/c1-13(2)19(17,18)10-5-3-9(4-6-10)14-11(15)7-8-12(14)16/h3-6H,7-8H2,1-2H3. The molecular weight excluding hydrogens is 268 g/mol. The van der Waals surface area contributed by atoms with E-state index in [9.17, 15) is 18.0 Å². The molecule has 102 valence electrons. The SMILES string of the molecule is CN(C)S(=O)(=O)c1ccc(N2C(=O)CCC2=O)cc1. The Labute approximate surface area is 111 Å². The molecule has 1 heterocycles. The maximum Gasteiger partial charge on any atom is 0.242 e. The van der Waals surface area contributed by atoms with Crippen LogP contribution in [0.2, 0.25) is 0 Å². The summed E-state index contributed by atoms with van der Waals surface area (Å²) in [5.41, 5.74) is 0.408. The molecule has 0 aliphatic carbocycles. The zero-order valence-electron chi connectivity index (χ0n) is 10.7. The smallest absolute Gasteiger partial charge is 0.242 e. The van der Waals surface area contributed by atoms with Crippen molar-refractivity contribution in [1.29, 1.82) is 0 Å². The van der Waals surface area contributed by atoms with Gasteiger partial charge >= 0.3 is 0 Å². The molecule has 0 saturated carbocycles. The quantitative estimate of drug-likeness (QED) is 0.760. The van der Waals surface area contributed by atoms with E-state index in [4.69, 9.17) is 0 Å². The molecule has 0 radical (unpaired) electrons. The summed E-state index contributed by atoms with van der Waals surface area (Å²) in [6.45, 7) is 0. The van der Waals surface area contributed by atoms with Crippen molar-refractivity contribution in [3.63, 3.8) is 0 Å². The van der Waals surface area contributed by atoms with Crippen molar-refractivity contribution in [3.05, 3.63) is 24.3 Å². The Hall–Kier alpha value is -1.73. The first-order valence-electron chi connectivity index (χ1n) is 5.72. The fourth-order valence-electron chi connectivity index (χ4n) is 1.84. The van der Waals surface area contributed by atoms with Crippen molar-refractivity contribution in [2.45, 2.75) is 17.7 Å². The molecule has 0 aromatic heterocycles. The van der Waals surface area contributed by atoms with Crippen molar-refractivity contribution >= 4 is 27.5 Å². The third kappa shape index (κ3) is 2.39. The lowest BCUT2D eigenvalue weighted by molar-refractivity contribution is -0.121.